The highest BCUT2D eigenvalue weighted by Gasteiger charge is 2.31. The van der Waals surface area contributed by atoms with E-state index in [1.54, 1.807) is 7.05 Å². The van der Waals surface area contributed by atoms with Gasteiger partial charge in [0.15, 0.2) is 0 Å². The van der Waals surface area contributed by atoms with Crippen LogP contribution in [0, 0.1) is 0 Å². The van der Waals surface area contributed by atoms with Gasteiger partial charge in [-0.2, -0.15) is 18.2 Å². The lowest BCUT2D eigenvalue weighted by atomic mass is 10.1. The molecule has 0 radical (unpaired) electrons. The van der Waals surface area contributed by atoms with E-state index in [2.05, 4.69) is 20.3 Å². The lowest BCUT2D eigenvalue weighted by Gasteiger charge is -2.14. The number of hydrogen-bond acceptors (Lipinski definition) is 4. The number of nitrogens with zero attached hydrogens (tertiary/aromatic N) is 3. The van der Waals surface area contributed by atoms with Gasteiger partial charge in [-0.3, -0.25) is 4.57 Å². The maximum atomic E-state index is 13.0. The topological polar surface area (TPSA) is 75.6 Å². The van der Waals surface area contributed by atoms with Gasteiger partial charge in [-0.1, -0.05) is 0 Å². The second-order valence-electron chi connectivity index (χ2n) is 4.89. The number of nitrogens with one attached hydrogen (secondary N) is 2. The average Bonchev–Trinajstić information content (AvgIpc) is 3.01. The quantitative estimate of drug-likeness (QED) is 0.775. The zero-order valence-corrected chi connectivity index (χ0v) is 12.0. The van der Waals surface area contributed by atoms with Crippen LogP contribution < -0.4 is 11.0 Å². The van der Waals surface area contributed by atoms with Crippen molar-refractivity contribution in [3.63, 3.8) is 0 Å². The molecule has 0 bridgehead atoms. The third-order valence-electron chi connectivity index (χ3n) is 3.43. The Balaban J connectivity index is 2.28. The number of fused-ring (bicyclic) bond motifs is 1. The molecule has 3 aromatic rings. The Morgan fingerprint density at radius 1 is 1.35 bits per heavy atom. The van der Waals surface area contributed by atoms with Crippen molar-refractivity contribution in [2.75, 3.05) is 12.4 Å². The van der Waals surface area contributed by atoms with E-state index in [-0.39, 0.29) is 17.9 Å². The first-order valence-electron chi connectivity index (χ1n) is 6.67. The fourth-order valence-electron chi connectivity index (χ4n) is 2.34. The van der Waals surface area contributed by atoms with E-state index < -0.39 is 17.4 Å². The Kier molecular flexibility index (Phi) is 3.55. The highest BCUT2D eigenvalue weighted by Crippen LogP contribution is 2.32. The van der Waals surface area contributed by atoms with Crippen molar-refractivity contribution < 1.29 is 13.2 Å². The summed E-state index contributed by atoms with van der Waals surface area (Å²) < 4.78 is 40.1. The third kappa shape index (κ3) is 2.77. The van der Waals surface area contributed by atoms with Crippen LogP contribution in [0.25, 0.3) is 10.9 Å². The largest absolute Gasteiger partial charge is 0.416 e. The number of anilines is 1. The summed E-state index contributed by atoms with van der Waals surface area (Å²) >= 11 is 0. The fourth-order valence-corrected chi connectivity index (χ4v) is 2.34. The number of halogens is 3. The van der Waals surface area contributed by atoms with Gasteiger partial charge >= 0.3 is 11.9 Å². The number of aromatic amines is 1. The smallest absolute Gasteiger partial charge is 0.372 e. The Bertz CT molecular complexity index is 899. The van der Waals surface area contributed by atoms with Gasteiger partial charge in [0.05, 0.1) is 29.6 Å². The van der Waals surface area contributed by atoms with Crippen molar-refractivity contribution in [1.82, 2.24) is 19.5 Å². The van der Waals surface area contributed by atoms with E-state index in [0.29, 0.717) is 11.1 Å². The standard InChI is InChI=1S/C14H12F3N5O/c1-18-12-10-3-2-8(14(15,16)17)4-11(10)22(13(23)21-12)6-9-5-19-7-20-9/h2-5,7H,6H2,1H3,(H,19,20)(H,18,21,23). The van der Waals surface area contributed by atoms with Crippen LogP contribution in [0.2, 0.25) is 0 Å². The highest BCUT2D eigenvalue weighted by molar-refractivity contribution is 5.89. The molecule has 0 aliphatic carbocycles. The summed E-state index contributed by atoms with van der Waals surface area (Å²) in [5.41, 5.74) is -0.726. The molecular formula is C14H12F3N5O. The van der Waals surface area contributed by atoms with E-state index in [0.717, 1.165) is 12.1 Å². The highest BCUT2D eigenvalue weighted by atomic mass is 19.4. The number of hydrogen-bond donors (Lipinski definition) is 2. The Morgan fingerprint density at radius 2 is 2.13 bits per heavy atom. The minimum absolute atomic E-state index is 0.0492. The lowest BCUT2D eigenvalue weighted by Crippen LogP contribution is -2.25. The van der Waals surface area contributed by atoms with Crippen LogP contribution in [0.15, 0.2) is 35.5 Å². The number of alkyl halides is 3. The van der Waals surface area contributed by atoms with Gasteiger partial charge in [0.2, 0.25) is 0 Å². The van der Waals surface area contributed by atoms with Crippen molar-refractivity contribution in [3.05, 3.63) is 52.5 Å². The molecule has 0 spiro atoms. The van der Waals surface area contributed by atoms with Crippen LogP contribution in [0.1, 0.15) is 11.3 Å². The lowest BCUT2D eigenvalue weighted by molar-refractivity contribution is -0.137. The van der Waals surface area contributed by atoms with Gasteiger partial charge < -0.3 is 10.3 Å². The molecule has 0 fully saturated rings. The second kappa shape index (κ2) is 5.41. The Labute approximate surface area is 128 Å². The van der Waals surface area contributed by atoms with Gasteiger partial charge in [0.1, 0.15) is 5.82 Å². The van der Waals surface area contributed by atoms with Crippen molar-refractivity contribution >= 4 is 16.7 Å². The summed E-state index contributed by atoms with van der Waals surface area (Å²) in [5, 5.41) is 3.16. The van der Waals surface area contributed by atoms with Gasteiger partial charge in [-0.25, -0.2) is 9.78 Å². The van der Waals surface area contributed by atoms with Crippen LogP contribution in [0.4, 0.5) is 19.0 Å². The van der Waals surface area contributed by atoms with E-state index in [1.807, 2.05) is 0 Å². The zero-order chi connectivity index (χ0) is 16.6. The first kappa shape index (κ1) is 15.1. The predicted molar refractivity (Wildman–Crippen MR) is 78.2 cm³/mol. The molecule has 0 amide bonds. The van der Waals surface area contributed by atoms with E-state index >= 15 is 0 Å². The maximum absolute atomic E-state index is 13.0. The summed E-state index contributed by atoms with van der Waals surface area (Å²) in [6, 6.07) is 3.23. The number of imidazole rings is 1. The van der Waals surface area contributed by atoms with Crippen molar-refractivity contribution in [2.45, 2.75) is 12.7 Å². The molecule has 120 valence electrons. The van der Waals surface area contributed by atoms with Gasteiger partial charge in [0, 0.05) is 18.6 Å². The van der Waals surface area contributed by atoms with Gasteiger partial charge in [-0.05, 0) is 18.2 Å². The SMILES string of the molecule is CNc1nc(=O)n(Cc2cnc[nH]2)c2cc(C(F)(F)F)ccc12. The molecule has 6 nitrogen and oxygen atoms in total. The van der Waals surface area contributed by atoms with Crippen molar-refractivity contribution in [3.8, 4) is 0 Å². The Morgan fingerprint density at radius 3 is 2.74 bits per heavy atom. The van der Waals surface area contributed by atoms with Crippen molar-refractivity contribution in [1.29, 1.82) is 0 Å². The zero-order valence-electron chi connectivity index (χ0n) is 12.0. The minimum atomic E-state index is -4.49. The molecular weight excluding hydrogens is 311 g/mol. The molecule has 0 unspecified atom stereocenters. The van der Waals surface area contributed by atoms with Gasteiger partial charge in [-0.15, -0.1) is 0 Å². The van der Waals surface area contributed by atoms with E-state index in [9.17, 15) is 18.0 Å². The molecule has 1 aromatic carbocycles. The third-order valence-corrected chi connectivity index (χ3v) is 3.43. The summed E-state index contributed by atoms with van der Waals surface area (Å²) in [7, 11) is 1.55. The molecule has 3 rings (SSSR count). The molecule has 0 atom stereocenters. The summed E-state index contributed by atoms with van der Waals surface area (Å²) in [6.45, 7) is 0.0492. The number of H-pyrrole nitrogens is 1. The predicted octanol–water partition coefficient (Wildman–Crippen LogP) is 2.23. The minimum Gasteiger partial charge on any atom is -0.372 e. The molecule has 23 heavy (non-hydrogen) atoms. The van der Waals surface area contributed by atoms with Crippen LogP contribution in [-0.4, -0.2) is 26.6 Å². The molecule has 2 aromatic heterocycles. The fraction of sp³-hybridized carbons (Fsp3) is 0.214. The molecule has 2 heterocycles. The molecule has 2 N–H and O–H groups in total. The molecule has 0 saturated heterocycles. The van der Waals surface area contributed by atoms with Crippen LogP contribution in [-0.2, 0) is 12.7 Å². The first-order chi connectivity index (χ1) is 10.9. The average molecular weight is 323 g/mol. The normalized spacial score (nSPS) is 11.8. The number of aromatic nitrogens is 4. The first-order valence-corrected chi connectivity index (χ1v) is 6.67. The van der Waals surface area contributed by atoms with Crippen LogP contribution >= 0.6 is 0 Å². The molecule has 0 aliphatic rings. The number of benzene rings is 1. The van der Waals surface area contributed by atoms with Crippen molar-refractivity contribution in [2.24, 2.45) is 0 Å². The second-order valence-corrected chi connectivity index (χ2v) is 4.89. The summed E-state index contributed by atoms with van der Waals surface area (Å²) in [6.07, 6.45) is -1.57. The summed E-state index contributed by atoms with van der Waals surface area (Å²) in [4.78, 5) is 22.7. The number of rotatable bonds is 3. The summed E-state index contributed by atoms with van der Waals surface area (Å²) in [5.74, 6) is 0.236. The maximum Gasteiger partial charge on any atom is 0.416 e. The van der Waals surface area contributed by atoms with Gasteiger partial charge in [0.25, 0.3) is 0 Å². The Hall–Kier alpha value is -2.84. The van der Waals surface area contributed by atoms with Crippen LogP contribution in [0.5, 0.6) is 0 Å². The van der Waals surface area contributed by atoms with E-state index in [4.69, 9.17) is 0 Å². The monoisotopic (exact) mass is 323 g/mol. The van der Waals surface area contributed by atoms with E-state index in [1.165, 1.54) is 23.2 Å². The molecule has 0 aliphatic heterocycles. The van der Waals surface area contributed by atoms with Crippen LogP contribution in [0.3, 0.4) is 0 Å². The molecule has 0 saturated carbocycles. The molecule has 9 heteroatoms.